The quantitative estimate of drug-likeness (QED) is 0.323. The third kappa shape index (κ3) is 4.90. The van der Waals surface area contributed by atoms with Gasteiger partial charge in [0.2, 0.25) is 5.91 Å². The first-order valence-electron chi connectivity index (χ1n) is 7.94. The summed E-state index contributed by atoms with van der Waals surface area (Å²) in [4.78, 5) is 12.4. The van der Waals surface area contributed by atoms with Crippen LogP contribution in [-0.4, -0.2) is 23.0 Å². The van der Waals surface area contributed by atoms with Gasteiger partial charge in [-0.1, -0.05) is 39.8 Å². The Morgan fingerprint density at radius 2 is 1.76 bits per heavy atom. The molecule has 1 unspecified atom stereocenters. The van der Waals surface area contributed by atoms with Crippen molar-refractivity contribution in [2.75, 3.05) is 0 Å². The third-order valence-corrected chi connectivity index (χ3v) is 4.72. The lowest BCUT2D eigenvalue weighted by molar-refractivity contribution is -0.127. The van der Waals surface area contributed by atoms with E-state index in [4.69, 9.17) is 10.9 Å². The van der Waals surface area contributed by atoms with Crippen LogP contribution in [0.5, 0.6) is 0 Å². The van der Waals surface area contributed by atoms with Gasteiger partial charge in [0.1, 0.15) is 0 Å². The first kappa shape index (κ1) is 17.8. The smallest absolute Gasteiger partial charge is 0.223 e. The minimum Gasteiger partial charge on any atom is -0.409 e. The number of carbonyl (C=O) groups is 1. The minimum atomic E-state index is -0.400. The lowest BCUT2D eigenvalue weighted by Gasteiger charge is -2.37. The summed E-state index contributed by atoms with van der Waals surface area (Å²) in [5, 5.41) is 14.8. The Hall–Kier alpha value is -1.26. The molecule has 0 saturated heterocycles. The second kappa shape index (κ2) is 7.14. The molecule has 1 saturated carbocycles. The van der Waals surface area contributed by atoms with E-state index in [0.29, 0.717) is 11.3 Å². The molecule has 0 bridgehead atoms. The van der Waals surface area contributed by atoms with Crippen molar-refractivity contribution in [1.29, 1.82) is 0 Å². The minimum absolute atomic E-state index is 0.0349. The molecule has 0 aromatic rings. The van der Waals surface area contributed by atoms with E-state index in [9.17, 15) is 4.79 Å². The van der Waals surface area contributed by atoms with Crippen LogP contribution in [0.25, 0.3) is 0 Å². The van der Waals surface area contributed by atoms with Crippen LogP contribution in [0.3, 0.4) is 0 Å². The van der Waals surface area contributed by atoms with E-state index < -0.39 is 6.04 Å². The third-order valence-electron chi connectivity index (χ3n) is 4.72. The topological polar surface area (TPSA) is 87.7 Å². The van der Waals surface area contributed by atoms with Crippen molar-refractivity contribution in [3.63, 3.8) is 0 Å². The van der Waals surface area contributed by atoms with Gasteiger partial charge in [-0.15, -0.1) is 0 Å². The van der Waals surface area contributed by atoms with E-state index in [2.05, 4.69) is 31.2 Å². The maximum absolute atomic E-state index is 12.4. The van der Waals surface area contributed by atoms with Crippen LogP contribution in [0, 0.1) is 23.2 Å². The van der Waals surface area contributed by atoms with Crippen molar-refractivity contribution >= 4 is 11.7 Å². The van der Waals surface area contributed by atoms with Crippen molar-refractivity contribution < 1.29 is 10.0 Å². The average Bonchev–Trinajstić information content (AvgIpc) is 2.42. The Morgan fingerprint density at radius 3 is 2.14 bits per heavy atom. The van der Waals surface area contributed by atoms with Crippen LogP contribution < -0.4 is 11.1 Å². The molecule has 122 valence electrons. The average molecular weight is 297 g/mol. The Kier molecular flexibility index (Phi) is 6.05. The van der Waals surface area contributed by atoms with Gasteiger partial charge in [0.05, 0.1) is 6.04 Å². The van der Waals surface area contributed by atoms with Crippen molar-refractivity contribution in [3.8, 4) is 0 Å². The van der Waals surface area contributed by atoms with Crippen LogP contribution in [0.4, 0.5) is 0 Å². The van der Waals surface area contributed by atoms with Gasteiger partial charge in [-0.3, -0.25) is 4.79 Å². The summed E-state index contributed by atoms with van der Waals surface area (Å²) in [6.07, 6.45) is 4.04. The molecule has 1 rings (SSSR count). The maximum Gasteiger partial charge on any atom is 0.223 e. The van der Waals surface area contributed by atoms with Gasteiger partial charge in [0, 0.05) is 5.92 Å². The van der Waals surface area contributed by atoms with E-state index in [1.165, 1.54) is 0 Å². The molecule has 1 amide bonds. The van der Waals surface area contributed by atoms with Gasteiger partial charge in [-0.05, 0) is 42.9 Å². The number of nitrogens with one attached hydrogen (secondary N) is 1. The van der Waals surface area contributed by atoms with Crippen molar-refractivity contribution in [1.82, 2.24) is 5.32 Å². The Balaban J connectivity index is 2.58. The van der Waals surface area contributed by atoms with Gasteiger partial charge < -0.3 is 16.3 Å². The maximum atomic E-state index is 12.4. The lowest BCUT2D eigenvalue weighted by atomic mass is 9.69. The standard InChI is InChI=1S/C16H31N3O2/c1-10(2)13(14(17)19-21)18-15(20)11-6-8-12(9-7-11)16(3,4)5/h10-13,21H,6-9H2,1-5H3,(H2,17,19)(H,18,20). The molecular formula is C16H31N3O2. The molecule has 1 aliphatic rings. The van der Waals surface area contributed by atoms with Crippen LogP contribution in [0.2, 0.25) is 0 Å². The Labute approximate surface area is 128 Å². The van der Waals surface area contributed by atoms with Crippen LogP contribution >= 0.6 is 0 Å². The fourth-order valence-electron chi connectivity index (χ4n) is 3.14. The molecule has 5 heteroatoms. The van der Waals surface area contributed by atoms with Gasteiger partial charge in [0.25, 0.3) is 0 Å². The number of carbonyl (C=O) groups excluding carboxylic acids is 1. The molecule has 0 spiro atoms. The number of nitrogens with two attached hydrogens (primary N) is 1. The zero-order chi connectivity index (χ0) is 16.2. The molecule has 0 radical (unpaired) electrons. The Morgan fingerprint density at radius 1 is 1.24 bits per heavy atom. The highest BCUT2D eigenvalue weighted by molar-refractivity contribution is 5.90. The summed E-state index contributed by atoms with van der Waals surface area (Å²) in [5.41, 5.74) is 5.98. The fourth-order valence-corrected chi connectivity index (χ4v) is 3.14. The van der Waals surface area contributed by atoms with Crippen LogP contribution in [-0.2, 0) is 4.79 Å². The first-order chi connectivity index (χ1) is 9.66. The fraction of sp³-hybridized carbons (Fsp3) is 0.875. The second-order valence-electron chi connectivity index (χ2n) is 7.67. The van der Waals surface area contributed by atoms with Gasteiger partial charge in [-0.25, -0.2) is 0 Å². The van der Waals surface area contributed by atoms with E-state index in [-0.39, 0.29) is 23.6 Å². The number of amides is 1. The summed E-state index contributed by atoms with van der Waals surface area (Å²) in [5.74, 6) is 0.938. The van der Waals surface area contributed by atoms with Crippen molar-refractivity contribution in [3.05, 3.63) is 0 Å². The molecule has 0 aliphatic heterocycles. The molecule has 1 aliphatic carbocycles. The molecule has 21 heavy (non-hydrogen) atoms. The molecule has 4 N–H and O–H groups in total. The SMILES string of the molecule is CC(C)C(NC(=O)C1CCC(C(C)(C)C)CC1)C(N)=NO. The summed E-state index contributed by atoms with van der Waals surface area (Å²) in [7, 11) is 0. The number of amidine groups is 1. The number of rotatable bonds is 4. The zero-order valence-corrected chi connectivity index (χ0v) is 14.0. The van der Waals surface area contributed by atoms with E-state index in [0.717, 1.165) is 25.7 Å². The zero-order valence-electron chi connectivity index (χ0n) is 14.0. The number of hydrogen-bond donors (Lipinski definition) is 3. The molecule has 1 atom stereocenters. The monoisotopic (exact) mass is 297 g/mol. The number of hydrogen-bond acceptors (Lipinski definition) is 3. The summed E-state index contributed by atoms with van der Waals surface area (Å²) in [6.45, 7) is 10.7. The van der Waals surface area contributed by atoms with E-state index >= 15 is 0 Å². The van der Waals surface area contributed by atoms with Gasteiger partial charge in [0.15, 0.2) is 5.84 Å². The van der Waals surface area contributed by atoms with Crippen molar-refractivity contribution in [2.45, 2.75) is 66.3 Å². The largest absolute Gasteiger partial charge is 0.409 e. The molecule has 0 aromatic carbocycles. The lowest BCUT2D eigenvalue weighted by Crippen LogP contribution is -2.50. The molecule has 0 heterocycles. The van der Waals surface area contributed by atoms with E-state index in [1.54, 1.807) is 0 Å². The molecular weight excluding hydrogens is 266 g/mol. The molecule has 0 aromatic heterocycles. The highest BCUT2D eigenvalue weighted by Gasteiger charge is 2.33. The summed E-state index contributed by atoms with van der Waals surface area (Å²) < 4.78 is 0. The van der Waals surface area contributed by atoms with Crippen LogP contribution in [0.1, 0.15) is 60.3 Å². The highest BCUT2D eigenvalue weighted by atomic mass is 16.4. The Bertz CT molecular complexity index is 377. The van der Waals surface area contributed by atoms with Gasteiger partial charge in [-0.2, -0.15) is 0 Å². The first-order valence-corrected chi connectivity index (χ1v) is 7.94. The van der Waals surface area contributed by atoms with E-state index in [1.807, 2.05) is 13.8 Å². The number of nitrogens with zero attached hydrogens (tertiary/aromatic N) is 1. The molecule has 1 fully saturated rings. The molecule has 5 nitrogen and oxygen atoms in total. The predicted molar refractivity (Wildman–Crippen MR) is 85.1 cm³/mol. The summed E-state index contributed by atoms with van der Waals surface area (Å²) >= 11 is 0. The summed E-state index contributed by atoms with van der Waals surface area (Å²) in [6, 6.07) is -0.400. The normalized spacial score (nSPS) is 25.7. The highest BCUT2D eigenvalue weighted by Crippen LogP contribution is 2.39. The van der Waals surface area contributed by atoms with Gasteiger partial charge >= 0.3 is 0 Å². The predicted octanol–water partition coefficient (Wildman–Crippen LogP) is 2.73. The number of oxime groups is 1. The van der Waals surface area contributed by atoms with Crippen molar-refractivity contribution in [2.24, 2.45) is 34.1 Å². The second-order valence-corrected chi connectivity index (χ2v) is 7.67. The van der Waals surface area contributed by atoms with Crippen LogP contribution in [0.15, 0.2) is 5.16 Å².